The molecule has 0 bridgehead atoms. The summed E-state index contributed by atoms with van der Waals surface area (Å²) >= 11 is 0. The molecule has 0 heterocycles. The van der Waals surface area contributed by atoms with Crippen LogP contribution in [0.15, 0.2) is 18.2 Å². The standard InChI is InChI=1S/C10H13N3O3/c1-13(5-9(12)14)8-3-2-6(10(15)16)4-7(8)11/h2-4H,5,11H2,1H3,(H2,12,14)(H,15,16). The third kappa shape index (κ3) is 2.63. The van der Waals surface area contributed by atoms with Crippen molar-refractivity contribution in [3.63, 3.8) is 0 Å². The van der Waals surface area contributed by atoms with Crippen LogP contribution in [0.5, 0.6) is 0 Å². The van der Waals surface area contributed by atoms with Crippen molar-refractivity contribution >= 4 is 23.3 Å². The first-order valence-corrected chi connectivity index (χ1v) is 4.54. The zero-order valence-corrected chi connectivity index (χ0v) is 8.80. The molecule has 0 aliphatic heterocycles. The molecule has 0 aliphatic rings. The van der Waals surface area contributed by atoms with Gasteiger partial charge in [0.1, 0.15) is 0 Å². The number of primary amides is 1. The molecular weight excluding hydrogens is 210 g/mol. The number of nitrogens with zero attached hydrogens (tertiary/aromatic N) is 1. The van der Waals surface area contributed by atoms with Gasteiger partial charge in [-0.05, 0) is 18.2 Å². The summed E-state index contributed by atoms with van der Waals surface area (Å²) in [6, 6.07) is 4.31. The van der Waals surface area contributed by atoms with Gasteiger partial charge in [-0.1, -0.05) is 0 Å². The number of likely N-dealkylation sites (N-methyl/N-ethyl adjacent to an activating group) is 1. The van der Waals surface area contributed by atoms with Gasteiger partial charge in [-0.15, -0.1) is 0 Å². The van der Waals surface area contributed by atoms with E-state index in [1.165, 1.54) is 12.1 Å². The second-order valence-electron chi connectivity index (χ2n) is 3.40. The fraction of sp³-hybridized carbons (Fsp3) is 0.200. The van der Waals surface area contributed by atoms with Crippen molar-refractivity contribution in [1.82, 2.24) is 0 Å². The highest BCUT2D eigenvalue weighted by Gasteiger charge is 2.10. The SMILES string of the molecule is CN(CC(N)=O)c1ccc(C(=O)O)cc1N. The van der Waals surface area contributed by atoms with Gasteiger partial charge in [0.05, 0.1) is 23.5 Å². The number of carbonyl (C=O) groups excluding carboxylic acids is 1. The van der Waals surface area contributed by atoms with Crippen LogP contribution in [0.1, 0.15) is 10.4 Å². The fourth-order valence-corrected chi connectivity index (χ4v) is 1.35. The number of benzene rings is 1. The molecule has 16 heavy (non-hydrogen) atoms. The molecule has 0 radical (unpaired) electrons. The Labute approximate surface area is 92.4 Å². The van der Waals surface area contributed by atoms with Gasteiger partial charge >= 0.3 is 5.97 Å². The lowest BCUT2D eigenvalue weighted by Crippen LogP contribution is -2.31. The molecule has 86 valence electrons. The number of carboxylic acid groups (broad SMARTS) is 1. The molecule has 1 amide bonds. The zero-order chi connectivity index (χ0) is 12.3. The summed E-state index contributed by atoms with van der Waals surface area (Å²) in [6.45, 7) is 0.0244. The Morgan fingerprint density at radius 2 is 2.06 bits per heavy atom. The molecule has 5 N–H and O–H groups in total. The van der Waals surface area contributed by atoms with Gasteiger partial charge in [0, 0.05) is 7.05 Å². The lowest BCUT2D eigenvalue weighted by atomic mass is 10.1. The topological polar surface area (TPSA) is 110 Å². The predicted octanol–water partition coefficient (Wildman–Crippen LogP) is -0.111. The minimum Gasteiger partial charge on any atom is -0.478 e. The molecular formula is C10H13N3O3. The van der Waals surface area contributed by atoms with Crippen LogP contribution in [0.2, 0.25) is 0 Å². The Morgan fingerprint density at radius 1 is 1.44 bits per heavy atom. The summed E-state index contributed by atoms with van der Waals surface area (Å²) in [6.07, 6.45) is 0. The van der Waals surface area contributed by atoms with Gasteiger partial charge in [0.2, 0.25) is 5.91 Å². The summed E-state index contributed by atoms with van der Waals surface area (Å²) in [4.78, 5) is 22.9. The fourth-order valence-electron chi connectivity index (χ4n) is 1.35. The Hall–Kier alpha value is -2.24. The van der Waals surface area contributed by atoms with E-state index in [-0.39, 0.29) is 12.1 Å². The minimum absolute atomic E-state index is 0.0244. The maximum Gasteiger partial charge on any atom is 0.335 e. The summed E-state index contributed by atoms with van der Waals surface area (Å²) in [5.74, 6) is -1.53. The third-order valence-electron chi connectivity index (χ3n) is 2.08. The predicted molar refractivity (Wildman–Crippen MR) is 60.3 cm³/mol. The van der Waals surface area contributed by atoms with E-state index in [1.54, 1.807) is 18.0 Å². The number of hydrogen-bond acceptors (Lipinski definition) is 4. The van der Waals surface area contributed by atoms with E-state index >= 15 is 0 Å². The highest BCUT2D eigenvalue weighted by molar-refractivity contribution is 5.91. The van der Waals surface area contributed by atoms with Gasteiger partial charge in [-0.3, -0.25) is 4.79 Å². The lowest BCUT2D eigenvalue weighted by Gasteiger charge is -2.19. The number of hydrogen-bond donors (Lipinski definition) is 3. The van der Waals surface area contributed by atoms with Crippen molar-refractivity contribution in [2.24, 2.45) is 5.73 Å². The molecule has 0 spiro atoms. The summed E-state index contributed by atoms with van der Waals surface area (Å²) in [5, 5.41) is 8.74. The number of nitrogen functional groups attached to an aromatic ring is 1. The highest BCUT2D eigenvalue weighted by Crippen LogP contribution is 2.23. The van der Waals surface area contributed by atoms with Gasteiger partial charge < -0.3 is 21.5 Å². The van der Waals surface area contributed by atoms with Crippen molar-refractivity contribution in [3.8, 4) is 0 Å². The highest BCUT2D eigenvalue weighted by atomic mass is 16.4. The second-order valence-corrected chi connectivity index (χ2v) is 3.40. The first-order chi connectivity index (χ1) is 7.41. The molecule has 0 fully saturated rings. The van der Waals surface area contributed by atoms with Crippen LogP contribution >= 0.6 is 0 Å². The van der Waals surface area contributed by atoms with E-state index in [0.29, 0.717) is 11.4 Å². The molecule has 0 saturated heterocycles. The molecule has 1 rings (SSSR count). The number of aromatic carboxylic acids is 1. The maximum atomic E-state index is 10.7. The van der Waals surface area contributed by atoms with E-state index in [2.05, 4.69) is 0 Å². The van der Waals surface area contributed by atoms with Crippen LogP contribution in [-0.2, 0) is 4.79 Å². The molecule has 0 atom stereocenters. The first-order valence-electron chi connectivity index (χ1n) is 4.54. The van der Waals surface area contributed by atoms with E-state index in [4.69, 9.17) is 16.6 Å². The van der Waals surface area contributed by atoms with E-state index in [0.717, 1.165) is 0 Å². The molecule has 1 aromatic rings. The number of carbonyl (C=O) groups is 2. The number of anilines is 2. The summed E-state index contributed by atoms with van der Waals surface area (Å²) in [7, 11) is 1.65. The molecule has 1 aromatic carbocycles. The largest absolute Gasteiger partial charge is 0.478 e. The number of amides is 1. The van der Waals surface area contributed by atoms with E-state index < -0.39 is 11.9 Å². The van der Waals surface area contributed by atoms with Crippen molar-refractivity contribution in [2.45, 2.75) is 0 Å². The lowest BCUT2D eigenvalue weighted by molar-refractivity contribution is -0.116. The molecule has 0 aromatic heterocycles. The van der Waals surface area contributed by atoms with Gasteiger partial charge in [-0.2, -0.15) is 0 Å². The Bertz CT molecular complexity index is 431. The zero-order valence-electron chi connectivity index (χ0n) is 8.80. The average Bonchev–Trinajstić information content (AvgIpc) is 2.15. The number of carboxylic acids is 1. The first kappa shape index (κ1) is 11.8. The molecule has 0 unspecified atom stereocenters. The summed E-state index contributed by atoms with van der Waals surface area (Å²) < 4.78 is 0. The van der Waals surface area contributed by atoms with Crippen LogP contribution in [0.4, 0.5) is 11.4 Å². The smallest absolute Gasteiger partial charge is 0.335 e. The minimum atomic E-state index is -1.05. The van der Waals surface area contributed by atoms with Crippen molar-refractivity contribution in [3.05, 3.63) is 23.8 Å². The normalized spacial score (nSPS) is 9.81. The maximum absolute atomic E-state index is 10.7. The summed E-state index contributed by atoms with van der Waals surface area (Å²) in [5.41, 5.74) is 11.7. The van der Waals surface area contributed by atoms with Crippen molar-refractivity contribution in [1.29, 1.82) is 0 Å². The van der Waals surface area contributed by atoms with Crippen molar-refractivity contribution in [2.75, 3.05) is 24.2 Å². The second kappa shape index (κ2) is 4.52. The average molecular weight is 223 g/mol. The van der Waals surface area contributed by atoms with Gasteiger partial charge in [-0.25, -0.2) is 4.79 Å². The van der Waals surface area contributed by atoms with Crippen LogP contribution in [-0.4, -0.2) is 30.6 Å². The monoisotopic (exact) mass is 223 g/mol. The molecule has 0 saturated carbocycles. The van der Waals surface area contributed by atoms with Crippen LogP contribution in [0.3, 0.4) is 0 Å². The van der Waals surface area contributed by atoms with E-state index in [9.17, 15) is 9.59 Å². The Balaban J connectivity index is 2.98. The Kier molecular flexibility index (Phi) is 3.34. The van der Waals surface area contributed by atoms with E-state index in [1.807, 2.05) is 0 Å². The van der Waals surface area contributed by atoms with Crippen LogP contribution < -0.4 is 16.4 Å². The molecule has 6 nitrogen and oxygen atoms in total. The van der Waals surface area contributed by atoms with Gasteiger partial charge in [0.15, 0.2) is 0 Å². The quantitative estimate of drug-likeness (QED) is 0.617. The van der Waals surface area contributed by atoms with Crippen molar-refractivity contribution < 1.29 is 14.7 Å². The molecule has 6 heteroatoms. The van der Waals surface area contributed by atoms with Gasteiger partial charge in [0.25, 0.3) is 0 Å². The van der Waals surface area contributed by atoms with Crippen LogP contribution in [0.25, 0.3) is 0 Å². The number of nitrogens with two attached hydrogens (primary N) is 2. The number of rotatable bonds is 4. The van der Waals surface area contributed by atoms with Crippen LogP contribution in [0, 0.1) is 0 Å². The third-order valence-corrected chi connectivity index (χ3v) is 2.08. The Morgan fingerprint density at radius 3 is 2.50 bits per heavy atom. The molecule has 0 aliphatic carbocycles.